The number of hydrogen-bond donors (Lipinski definition) is 1. The molecule has 0 heterocycles. The van der Waals surface area contributed by atoms with Gasteiger partial charge in [-0.3, -0.25) is 0 Å². The van der Waals surface area contributed by atoms with Crippen molar-refractivity contribution in [1.29, 1.82) is 0 Å². The summed E-state index contributed by atoms with van der Waals surface area (Å²) in [4.78, 5) is 0. The fourth-order valence-corrected chi connectivity index (χ4v) is 2.07. The Morgan fingerprint density at radius 3 is 2.42 bits per heavy atom. The Balaban J connectivity index is 2.44. The Kier molecular flexibility index (Phi) is 3.80. The van der Waals surface area contributed by atoms with Gasteiger partial charge in [0.05, 0.1) is 6.10 Å². The third kappa shape index (κ3) is 2.98. The number of aliphatic hydroxyl groups is 1. The first-order valence-electron chi connectivity index (χ1n) is 5.06. The molecule has 1 saturated carbocycles. The van der Waals surface area contributed by atoms with Crippen LogP contribution in [0.4, 0.5) is 0 Å². The van der Waals surface area contributed by atoms with Crippen molar-refractivity contribution >= 4 is 0 Å². The lowest BCUT2D eigenvalue weighted by molar-refractivity contribution is 0.241. The number of allylic oxidation sites excluding steroid dienone is 1. The maximum atomic E-state index is 9.18. The van der Waals surface area contributed by atoms with Crippen LogP contribution >= 0.6 is 0 Å². The smallest absolute Gasteiger partial charge is 0.0695 e. The number of aliphatic hydroxyl groups excluding tert-OH is 1. The van der Waals surface area contributed by atoms with Crippen molar-refractivity contribution < 1.29 is 5.11 Å². The van der Waals surface area contributed by atoms with Crippen molar-refractivity contribution in [2.45, 2.75) is 52.1 Å². The molecular formula is C11H20O. The predicted octanol–water partition coefficient (Wildman–Crippen LogP) is 2.89. The third-order valence-corrected chi connectivity index (χ3v) is 2.75. The Hall–Kier alpha value is -0.300. The maximum Gasteiger partial charge on any atom is 0.0695 e. The van der Waals surface area contributed by atoms with Crippen LogP contribution in [0.3, 0.4) is 0 Å². The van der Waals surface area contributed by atoms with E-state index in [0.29, 0.717) is 0 Å². The minimum absolute atomic E-state index is 0.271. The third-order valence-electron chi connectivity index (χ3n) is 2.75. The molecule has 0 aromatic rings. The first kappa shape index (κ1) is 9.79. The second-order valence-electron chi connectivity index (χ2n) is 3.99. The summed E-state index contributed by atoms with van der Waals surface area (Å²) in [6.07, 6.45) is 8.52. The van der Waals surface area contributed by atoms with Crippen molar-refractivity contribution in [1.82, 2.24) is 0 Å². The lowest BCUT2D eigenvalue weighted by Crippen LogP contribution is -2.09. The quantitative estimate of drug-likeness (QED) is 0.629. The molecule has 0 bridgehead atoms. The summed E-state index contributed by atoms with van der Waals surface area (Å²) in [5, 5.41) is 9.18. The van der Waals surface area contributed by atoms with Gasteiger partial charge in [0.1, 0.15) is 0 Å². The van der Waals surface area contributed by atoms with E-state index in [4.69, 9.17) is 0 Å². The highest BCUT2D eigenvalue weighted by Gasteiger charge is 2.14. The van der Waals surface area contributed by atoms with Gasteiger partial charge in [-0.1, -0.05) is 30.9 Å². The van der Waals surface area contributed by atoms with Crippen molar-refractivity contribution in [3.8, 4) is 0 Å². The lowest BCUT2D eigenvalue weighted by Gasteiger charge is -2.22. The summed E-state index contributed by atoms with van der Waals surface area (Å²) in [6.45, 7) is 3.98. The topological polar surface area (TPSA) is 20.2 Å². The van der Waals surface area contributed by atoms with Gasteiger partial charge in [-0.15, -0.1) is 0 Å². The second-order valence-corrected chi connectivity index (χ2v) is 3.99. The first-order valence-corrected chi connectivity index (χ1v) is 5.06. The minimum Gasteiger partial charge on any atom is -0.389 e. The number of rotatable bonds is 2. The molecule has 0 aromatic heterocycles. The Morgan fingerprint density at radius 1 is 1.33 bits per heavy atom. The molecule has 1 atom stereocenters. The van der Waals surface area contributed by atoms with Gasteiger partial charge in [0, 0.05) is 0 Å². The molecule has 1 fully saturated rings. The van der Waals surface area contributed by atoms with Crippen LogP contribution in [0.15, 0.2) is 11.6 Å². The van der Waals surface area contributed by atoms with Gasteiger partial charge in [0.2, 0.25) is 0 Å². The fourth-order valence-electron chi connectivity index (χ4n) is 2.07. The second kappa shape index (κ2) is 4.66. The van der Waals surface area contributed by atoms with Gasteiger partial charge in [-0.25, -0.2) is 0 Å². The van der Waals surface area contributed by atoms with Crippen LogP contribution in [-0.4, -0.2) is 11.2 Å². The zero-order valence-corrected chi connectivity index (χ0v) is 8.21. The van der Waals surface area contributed by atoms with E-state index in [1.165, 1.54) is 37.7 Å². The Morgan fingerprint density at radius 2 is 1.92 bits per heavy atom. The van der Waals surface area contributed by atoms with E-state index in [2.05, 4.69) is 6.92 Å². The van der Waals surface area contributed by atoms with Crippen LogP contribution < -0.4 is 0 Å². The summed E-state index contributed by atoms with van der Waals surface area (Å²) >= 11 is 0. The molecule has 0 radical (unpaired) electrons. The van der Waals surface area contributed by atoms with E-state index in [0.717, 1.165) is 5.92 Å². The largest absolute Gasteiger partial charge is 0.389 e. The molecule has 1 N–H and O–H groups in total. The number of hydrogen-bond acceptors (Lipinski definition) is 1. The van der Waals surface area contributed by atoms with Gasteiger partial charge in [0.15, 0.2) is 0 Å². The SMILES string of the molecule is C/C(=C/C(C)O)C1CCCCC1. The molecule has 1 rings (SSSR count). The average Bonchev–Trinajstić information content (AvgIpc) is 2.05. The van der Waals surface area contributed by atoms with Gasteiger partial charge in [-0.05, 0) is 32.6 Å². The van der Waals surface area contributed by atoms with E-state index >= 15 is 0 Å². The molecular weight excluding hydrogens is 148 g/mol. The van der Waals surface area contributed by atoms with Crippen LogP contribution in [-0.2, 0) is 0 Å². The van der Waals surface area contributed by atoms with Gasteiger partial charge < -0.3 is 5.11 Å². The summed E-state index contributed by atoms with van der Waals surface area (Å²) in [7, 11) is 0. The standard InChI is InChI=1S/C11H20O/c1-9(8-10(2)12)11-6-4-3-5-7-11/h8,10-12H,3-7H2,1-2H3/b9-8-. The van der Waals surface area contributed by atoms with E-state index in [1.54, 1.807) is 0 Å². The molecule has 1 heteroatoms. The molecule has 12 heavy (non-hydrogen) atoms. The van der Waals surface area contributed by atoms with E-state index in [1.807, 2.05) is 13.0 Å². The predicted molar refractivity (Wildman–Crippen MR) is 52.0 cm³/mol. The molecule has 70 valence electrons. The highest BCUT2D eigenvalue weighted by molar-refractivity contribution is 5.06. The van der Waals surface area contributed by atoms with Crippen LogP contribution in [0.1, 0.15) is 46.0 Å². The maximum absolute atomic E-state index is 9.18. The van der Waals surface area contributed by atoms with E-state index in [9.17, 15) is 5.11 Å². The molecule has 0 aliphatic heterocycles. The molecule has 1 nitrogen and oxygen atoms in total. The molecule has 1 aliphatic rings. The van der Waals surface area contributed by atoms with Crippen molar-refractivity contribution in [2.24, 2.45) is 5.92 Å². The van der Waals surface area contributed by atoms with Crippen molar-refractivity contribution in [3.05, 3.63) is 11.6 Å². The molecule has 0 aromatic carbocycles. The van der Waals surface area contributed by atoms with Gasteiger partial charge in [-0.2, -0.15) is 0 Å². The van der Waals surface area contributed by atoms with Crippen molar-refractivity contribution in [3.63, 3.8) is 0 Å². The zero-order valence-electron chi connectivity index (χ0n) is 8.21. The van der Waals surface area contributed by atoms with Gasteiger partial charge >= 0.3 is 0 Å². The van der Waals surface area contributed by atoms with Crippen molar-refractivity contribution in [2.75, 3.05) is 0 Å². The highest BCUT2D eigenvalue weighted by Crippen LogP contribution is 2.29. The molecule has 1 aliphatic carbocycles. The summed E-state index contributed by atoms with van der Waals surface area (Å²) < 4.78 is 0. The normalized spacial score (nSPS) is 24.1. The fraction of sp³-hybridized carbons (Fsp3) is 0.818. The summed E-state index contributed by atoms with van der Waals surface area (Å²) in [6, 6.07) is 0. The summed E-state index contributed by atoms with van der Waals surface area (Å²) in [5.41, 5.74) is 1.39. The van der Waals surface area contributed by atoms with Crippen LogP contribution in [0.2, 0.25) is 0 Å². The molecule has 0 spiro atoms. The minimum atomic E-state index is -0.271. The molecule has 0 amide bonds. The first-order chi connectivity index (χ1) is 5.70. The Bertz CT molecular complexity index is 152. The van der Waals surface area contributed by atoms with E-state index in [-0.39, 0.29) is 6.10 Å². The van der Waals surface area contributed by atoms with Crippen LogP contribution in [0, 0.1) is 5.92 Å². The monoisotopic (exact) mass is 168 g/mol. The van der Waals surface area contributed by atoms with Crippen LogP contribution in [0.5, 0.6) is 0 Å². The van der Waals surface area contributed by atoms with Gasteiger partial charge in [0.25, 0.3) is 0 Å². The average molecular weight is 168 g/mol. The molecule has 1 unspecified atom stereocenters. The highest BCUT2D eigenvalue weighted by atomic mass is 16.3. The van der Waals surface area contributed by atoms with Crippen LogP contribution in [0.25, 0.3) is 0 Å². The Labute approximate surface area is 75.5 Å². The molecule has 0 saturated heterocycles. The summed E-state index contributed by atoms with van der Waals surface area (Å²) in [5.74, 6) is 0.758. The zero-order chi connectivity index (χ0) is 8.97. The lowest BCUT2D eigenvalue weighted by atomic mass is 9.84. The van der Waals surface area contributed by atoms with E-state index < -0.39 is 0 Å².